The summed E-state index contributed by atoms with van der Waals surface area (Å²) in [6.07, 6.45) is 5.28. The lowest BCUT2D eigenvalue weighted by Gasteiger charge is -2.33. The van der Waals surface area contributed by atoms with Gasteiger partial charge >= 0.3 is 0 Å². The number of likely N-dealkylation sites (tertiary alicyclic amines) is 2. The Balaban J connectivity index is 1.50. The molecule has 1 aromatic heterocycles. The maximum absolute atomic E-state index is 13.3. The number of hydrogen-bond donors (Lipinski definition) is 0. The fraction of sp³-hybridized carbons (Fsp3) is 0.480. The minimum Gasteiger partial charge on any atom is -0.342 e. The molecular weight excluding hydrogens is 390 g/mol. The molecule has 2 aromatic rings. The van der Waals surface area contributed by atoms with Crippen LogP contribution in [0.4, 0.5) is 0 Å². The van der Waals surface area contributed by atoms with Gasteiger partial charge in [-0.25, -0.2) is 0 Å². The molecule has 6 heteroatoms. The highest BCUT2D eigenvalue weighted by atomic mass is 16.2. The molecule has 2 saturated heterocycles. The predicted octanol–water partition coefficient (Wildman–Crippen LogP) is 3.24. The maximum atomic E-state index is 13.3. The van der Waals surface area contributed by atoms with E-state index in [1.165, 1.54) is 0 Å². The summed E-state index contributed by atoms with van der Waals surface area (Å²) in [7, 11) is 0. The minimum atomic E-state index is -0.253. The predicted molar refractivity (Wildman–Crippen MR) is 120 cm³/mol. The molecule has 0 aliphatic carbocycles. The lowest BCUT2D eigenvalue weighted by molar-refractivity contribution is -0.135. The third kappa shape index (κ3) is 4.29. The van der Waals surface area contributed by atoms with Crippen molar-refractivity contribution in [3.8, 4) is 0 Å². The average Bonchev–Trinajstić information content (AvgIpc) is 3.34. The standard InChI is InChI=1S/C25H31N3O3/c1-18-10-17-28(19(2)20-8-4-3-5-9-20)25(31)22(18)24(30)27-15-11-21(12-16-27)23(29)26-13-6-7-14-26/h3-5,8-10,17,19,21H,6-7,11-16H2,1-2H3. The molecule has 4 rings (SSSR count). The molecule has 3 heterocycles. The summed E-state index contributed by atoms with van der Waals surface area (Å²) in [5.74, 6) is 0.0116. The van der Waals surface area contributed by atoms with Gasteiger partial charge in [-0.05, 0) is 56.7 Å². The van der Waals surface area contributed by atoms with Crippen molar-refractivity contribution >= 4 is 11.8 Å². The van der Waals surface area contributed by atoms with Crippen LogP contribution in [0.25, 0.3) is 0 Å². The van der Waals surface area contributed by atoms with Crippen LogP contribution in [0.5, 0.6) is 0 Å². The number of aromatic nitrogens is 1. The largest absolute Gasteiger partial charge is 0.342 e. The van der Waals surface area contributed by atoms with Gasteiger partial charge in [0.05, 0.1) is 6.04 Å². The number of aryl methyl sites for hydroxylation is 1. The number of rotatable bonds is 4. The van der Waals surface area contributed by atoms with Crippen LogP contribution < -0.4 is 5.56 Å². The van der Waals surface area contributed by atoms with Crippen LogP contribution in [0.15, 0.2) is 47.4 Å². The molecular formula is C25H31N3O3. The Labute approximate surface area is 183 Å². The van der Waals surface area contributed by atoms with E-state index in [1.54, 1.807) is 15.7 Å². The molecule has 0 spiro atoms. The van der Waals surface area contributed by atoms with Crippen molar-refractivity contribution in [1.29, 1.82) is 0 Å². The van der Waals surface area contributed by atoms with E-state index in [9.17, 15) is 14.4 Å². The van der Waals surface area contributed by atoms with E-state index in [0.717, 1.165) is 31.5 Å². The van der Waals surface area contributed by atoms with E-state index in [2.05, 4.69) is 0 Å². The van der Waals surface area contributed by atoms with Crippen LogP contribution >= 0.6 is 0 Å². The van der Waals surface area contributed by atoms with Gasteiger partial charge in [-0.1, -0.05) is 30.3 Å². The number of carbonyl (C=O) groups excluding carboxylic acids is 2. The third-order valence-corrected chi connectivity index (χ3v) is 6.79. The lowest BCUT2D eigenvalue weighted by atomic mass is 9.94. The van der Waals surface area contributed by atoms with Crippen LogP contribution in [0.3, 0.4) is 0 Å². The van der Waals surface area contributed by atoms with Gasteiger partial charge in [0.25, 0.3) is 11.5 Å². The zero-order valence-corrected chi connectivity index (χ0v) is 18.4. The molecule has 2 amide bonds. The van der Waals surface area contributed by atoms with Crippen LogP contribution in [0.1, 0.15) is 60.1 Å². The second-order valence-electron chi connectivity index (χ2n) is 8.77. The van der Waals surface area contributed by atoms with Crippen LogP contribution in [-0.2, 0) is 4.79 Å². The number of amides is 2. The molecule has 164 valence electrons. The van der Waals surface area contributed by atoms with Crippen molar-refractivity contribution in [2.45, 2.75) is 45.6 Å². The number of carbonyl (C=O) groups is 2. The lowest BCUT2D eigenvalue weighted by Crippen LogP contribution is -2.45. The van der Waals surface area contributed by atoms with E-state index < -0.39 is 0 Å². The maximum Gasteiger partial charge on any atom is 0.264 e. The van der Waals surface area contributed by atoms with Crippen LogP contribution in [0, 0.1) is 12.8 Å². The Morgan fingerprint density at radius 3 is 2.23 bits per heavy atom. The highest BCUT2D eigenvalue weighted by Crippen LogP contribution is 2.24. The van der Waals surface area contributed by atoms with Gasteiger partial charge in [0.1, 0.15) is 5.56 Å². The number of hydrogen-bond acceptors (Lipinski definition) is 3. The van der Waals surface area contributed by atoms with Crippen molar-refractivity contribution in [2.24, 2.45) is 5.92 Å². The van der Waals surface area contributed by atoms with Gasteiger partial charge in [0, 0.05) is 38.3 Å². The van der Waals surface area contributed by atoms with E-state index in [4.69, 9.17) is 0 Å². The molecule has 2 fully saturated rings. The monoisotopic (exact) mass is 421 g/mol. The first-order chi connectivity index (χ1) is 15.0. The van der Waals surface area contributed by atoms with Crippen molar-refractivity contribution in [2.75, 3.05) is 26.2 Å². The molecule has 0 radical (unpaired) electrons. The summed E-state index contributed by atoms with van der Waals surface area (Å²) in [6, 6.07) is 11.5. The summed E-state index contributed by atoms with van der Waals surface area (Å²) in [5, 5.41) is 0. The van der Waals surface area contributed by atoms with E-state index in [1.807, 2.05) is 55.1 Å². The summed E-state index contributed by atoms with van der Waals surface area (Å²) in [6.45, 7) is 6.54. The molecule has 0 N–H and O–H groups in total. The molecule has 2 aliphatic heterocycles. The van der Waals surface area contributed by atoms with Gasteiger partial charge in [0.15, 0.2) is 0 Å². The highest BCUT2D eigenvalue weighted by molar-refractivity contribution is 5.95. The first kappa shape index (κ1) is 21.3. The van der Waals surface area contributed by atoms with Crippen LogP contribution in [-0.4, -0.2) is 52.4 Å². The first-order valence-corrected chi connectivity index (χ1v) is 11.3. The van der Waals surface area contributed by atoms with Gasteiger partial charge < -0.3 is 14.4 Å². The Bertz CT molecular complexity index is 1000. The van der Waals surface area contributed by atoms with E-state index in [-0.39, 0.29) is 34.9 Å². The normalized spacial score (nSPS) is 18.3. The summed E-state index contributed by atoms with van der Waals surface area (Å²) in [4.78, 5) is 43.0. The zero-order chi connectivity index (χ0) is 22.0. The molecule has 2 aliphatic rings. The van der Waals surface area contributed by atoms with Crippen molar-refractivity contribution < 1.29 is 9.59 Å². The minimum absolute atomic E-state index is 0.00576. The summed E-state index contributed by atoms with van der Waals surface area (Å²) in [5.41, 5.74) is 1.71. The van der Waals surface area contributed by atoms with Gasteiger partial charge in [0.2, 0.25) is 5.91 Å². The van der Waals surface area contributed by atoms with Crippen molar-refractivity contribution in [3.05, 3.63) is 69.6 Å². The number of pyridine rings is 1. The second-order valence-corrected chi connectivity index (χ2v) is 8.77. The SMILES string of the molecule is Cc1ccn(C(C)c2ccccc2)c(=O)c1C(=O)N1CCC(C(=O)N2CCCC2)CC1. The van der Waals surface area contributed by atoms with Gasteiger partial charge in [-0.2, -0.15) is 0 Å². The molecule has 31 heavy (non-hydrogen) atoms. The highest BCUT2D eigenvalue weighted by Gasteiger charge is 2.32. The average molecular weight is 422 g/mol. The Hall–Kier alpha value is -2.89. The molecule has 0 saturated carbocycles. The van der Waals surface area contributed by atoms with Crippen molar-refractivity contribution in [1.82, 2.24) is 14.4 Å². The zero-order valence-electron chi connectivity index (χ0n) is 18.4. The fourth-order valence-corrected chi connectivity index (χ4v) is 4.78. The molecule has 6 nitrogen and oxygen atoms in total. The molecule has 1 atom stereocenters. The summed E-state index contributed by atoms with van der Waals surface area (Å²) >= 11 is 0. The van der Waals surface area contributed by atoms with Crippen molar-refractivity contribution in [3.63, 3.8) is 0 Å². The fourth-order valence-electron chi connectivity index (χ4n) is 4.78. The smallest absolute Gasteiger partial charge is 0.264 e. The Morgan fingerprint density at radius 2 is 1.58 bits per heavy atom. The third-order valence-electron chi connectivity index (χ3n) is 6.79. The van der Waals surface area contributed by atoms with E-state index in [0.29, 0.717) is 31.5 Å². The van der Waals surface area contributed by atoms with E-state index >= 15 is 0 Å². The van der Waals surface area contributed by atoms with Gasteiger partial charge in [-0.3, -0.25) is 14.4 Å². The Kier molecular flexibility index (Phi) is 6.25. The quantitative estimate of drug-likeness (QED) is 0.761. The number of benzene rings is 1. The second kappa shape index (κ2) is 9.08. The van der Waals surface area contributed by atoms with Gasteiger partial charge in [-0.15, -0.1) is 0 Å². The number of piperidine rings is 1. The first-order valence-electron chi connectivity index (χ1n) is 11.3. The topological polar surface area (TPSA) is 62.6 Å². The van der Waals surface area contributed by atoms with Crippen LogP contribution in [0.2, 0.25) is 0 Å². The molecule has 0 bridgehead atoms. The molecule has 1 aromatic carbocycles. The number of nitrogens with zero attached hydrogens (tertiary/aromatic N) is 3. The Morgan fingerprint density at radius 1 is 0.935 bits per heavy atom. The molecule has 1 unspecified atom stereocenters. The summed E-state index contributed by atoms with van der Waals surface area (Å²) < 4.78 is 1.64.